The van der Waals surface area contributed by atoms with Gasteiger partial charge in [0.05, 0.1) is 50.7 Å². The van der Waals surface area contributed by atoms with Crippen LogP contribution in [0.5, 0.6) is 0 Å². The van der Waals surface area contributed by atoms with Crippen molar-refractivity contribution in [2.24, 2.45) is 5.73 Å². The summed E-state index contributed by atoms with van der Waals surface area (Å²) in [5, 5.41) is 0. The summed E-state index contributed by atoms with van der Waals surface area (Å²) in [7, 11) is 0. The number of ether oxygens (including phenoxy) is 3. The second-order valence-corrected chi connectivity index (χ2v) is 15.0. The van der Waals surface area contributed by atoms with E-state index in [0.29, 0.717) is 17.7 Å². The normalized spacial score (nSPS) is 18.6. The first-order valence-corrected chi connectivity index (χ1v) is 19.8. The van der Waals surface area contributed by atoms with Crippen LogP contribution in [0.4, 0.5) is 11.4 Å². The number of rotatable bonds is 12. The number of nitrogens with zero attached hydrogens (tertiary/aromatic N) is 6. The van der Waals surface area contributed by atoms with Gasteiger partial charge in [-0.05, 0) is 68.0 Å². The smallest absolute Gasteiger partial charge is 0.341 e. The van der Waals surface area contributed by atoms with Gasteiger partial charge in [-0.3, -0.25) is 4.79 Å². The largest absolute Gasteiger partial charge is 0.462 e. The Morgan fingerprint density at radius 3 is 1.40 bits per heavy atom. The molecule has 2 saturated heterocycles. The zero-order valence-electron chi connectivity index (χ0n) is 32.0. The van der Waals surface area contributed by atoms with Crippen LogP contribution in [0.3, 0.4) is 0 Å². The van der Waals surface area contributed by atoms with Crippen LogP contribution >= 0.6 is 0 Å². The van der Waals surface area contributed by atoms with Gasteiger partial charge in [-0.15, -0.1) is 0 Å². The molecule has 2 aromatic carbocycles. The number of hydrogen-bond donors (Lipinski definition) is 1. The summed E-state index contributed by atoms with van der Waals surface area (Å²) in [6.45, 7) is 9.12. The summed E-state index contributed by atoms with van der Waals surface area (Å²) >= 11 is 0. The van der Waals surface area contributed by atoms with Gasteiger partial charge in [-0.25, -0.2) is 24.7 Å². The molecular weight excluding hydrogens is 695 g/mol. The maximum absolute atomic E-state index is 11.8. The number of benzene rings is 2. The van der Waals surface area contributed by atoms with E-state index < -0.39 is 0 Å². The molecule has 2 saturated carbocycles. The first-order chi connectivity index (χ1) is 26.9. The molecular formula is C43H53N7O5. The minimum absolute atomic E-state index is 0.0118. The number of nitrogens with two attached hydrogens (primary N) is 1. The van der Waals surface area contributed by atoms with E-state index in [-0.39, 0.29) is 29.1 Å². The Bertz CT molecular complexity index is 1850. The van der Waals surface area contributed by atoms with Gasteiger partial charge in [0, 0.05) is 86.0 Å². The van der Waals surface area contributed by atoms with Crippen LogP contribution in [0.25, 0.3) is 0 Å². The molecule has 55 heavy (non-hydrogen) atoms. The van der Waals surface area contributed by atoms with E-state index in [9.17, 15) is 9.59 Å². The third-order valence-electron chi connectivity index (χ3n) is 11.8. The van der Waals surface area contributed by atoms with Crippen LogP contribution < -0.4 is 15.5 Å². The SMILES string of the molecule is CCOC(=O)c1cnc(CC2(c3ccc(N4CCOCC4)cc3)CCC2)nc1.NCC(=O)c1cnc(CC2(c3ccc(N4CCOCC4)cc3)CCC2)nc1. The van der Waals surface area contributed by atoms with Crippen molar-refractivity contribution in [1.29, 1.82) is 0 Å². The number of Topliss-reactive ketones (excluding diaryl/α,β-unsaturated/α-hetero) is 1. The van der Waals surface area contributed by atoms with E-state index in [1.807, 2.05) is 0 Å². The Labute approximate surface area is 323 Å². The van der Waals surface area contributed by atoms with Crippen LogP contribution in [0.15, 0.2) is 73.3 Å². The average molecular weight is 748 g/mol. The Morgan fingerprint density at radius 2 is 1.05 bits per heavy atom. The molecule has 0 radical (unpaired) electrons. The average Bonchev–Trinajstić information content (AvgIpc) is 3.22. The van der Waals surface area contributed by atoms with Gasteiger partial charge in [-0.1, -0.05) is 37.1 Å². The van der Waals surface area contributed by atoms with Crippen molar-refractivity contribution >= 4 is 23.1 Å². The highest BCUT2D eigenvalue weighted by Gasteiger charge is 2.40. The number of carbonyl (C=O) groups is 2. The van der Waals surface area contributed by atoms with Gasteiger partial charge in [0.25, 0.3) is 0 Å². The number of anilines is 2. The van der Waals surface area contributed by atoms with Gasteiger partial charge in [0.15, 0.2) is 5.78 Å². The molecule has 0 bridgehead atoms. The van der Waals surface area contributed by atoms with Gasteiger partial charge in [-0.2, -0.15) is 0 Å². The molecule has 12 heteroatoms. The summed E-state index contributed by atoms with van der Waals surface area (Å²) in [4.78, 5) is 45.9. The van der Waals surface area contributed by atoms with Crippen LogP contribution in [-0.4, -0.2) is 97.4 Å². The number of ketones is 1. The van der Waals surface area contributed by atoms with Crippen molar-refractivity contribution in [3.63, 3.8) is 0 Å². The molecule has 2 N–H and O–H groups in total. The lowest BCUT2D eigenvalue weighted by Crippen LogP contribution is -2.38. The molecule has 4 aliphatic rings. The van der Waals surface area contributed by atoms with Gasteiger partial charge >= 0.3 is 5.97 Å². The molecule has 0 amide bonds. The van der Waals surface area contributed by atoms with Crippen molar-refractivity contribution in [3.8, 4) is 0 Å². The van der Waals surface area contributed by atoms with Crippen LogP contribution in [-0.2, 0) is 37.9 Å². The minimum Gasteiger partial charge on any atom is -0.462 e. The molecule has 0 atom stereocenters. The Kier molecular flexibility index (Phi) is 12.4. The fraction of sp³-hybridized carbons (Fsp3) is 0.488. The lowest BCUT2D eigenvalue weighted by atomic mass is 9.62. The quantitative estimate of drug-likeness (QED) is 0.149. The lowest BCUT2D eigenvalue weighted by molar-refractivity contribution is 0.0525. The maximum Gasteiger partial charge on any atom is 0.341 e. The summed E-state index contributed by atoms with van der Waals surface area (Å²) in [6.07, 6.45) is 15.0. The van der Waals surface area contributed by atoms with Crippen molar-refractivity contribution in [2.45, 2.75) is 69.1 Å². The molecule has 4 heterocycles. The summed E-state index contributed by atoms with van der Waals surface area (Å²) in [5.74, 6) is 1.08. The maximum atomic E-state index is 11.8. The van der Waals surface area contributed by atoms with E-state index in [1.54, 1.807) is 31.7 Å². The lowest BCUT2D eigenvalue weighted by Gasteiger charge is -2.42. The van der Waals surface area contributed by atoms with Crippen LogP contribution in [0.1, 0.15) is 88.9 Å². The predicted molar refractivity (Wildman–Crippen MR) is 211 cm³/mol. The van der Waals surface area contributed by atoms with E-state index in [0.717, 1.165) is 103 Å². The highest BCUT2D eigenvalue weighted by molar-refractivity contribution is 5.96. The molecule has 4 aromatic rings. The number of aromatic nitrogens is 4. The molecule has 2 aliphatic heterocycles. The first kappa shape index (κ1) is 38.5. The summed E-state index contributed by atoms with van der Waals surface area (Å²) < 4.78 is 15.9. The second-order valence-electron chi connectivity index (χ2n) is 15.0. The van der Waals surface area contributed by atoms with Gasteiger partial charge < -0.3 is 29.7 Å². The van der Waals surface area contributed by atoms with Gasteiger partial charge in [0.1, 0.15) is 11.6 Å². The molecule has 0 unspecified atom stereocenters. The second kappa shape index (κ2) is 17.8. The Balaban J connectivity index is 0.000000169. The Morgan fingerprint density at radius 1 is 0.655 bits per heavy atom. The minimum atomic E-state index is -0.369. The standard InChI is InChI=1S/C22H27N3O3.C21H26N4O2/c1-2-28-21(26)17-15-23-20(24-16-17)14-22(8-3-9-22)18-4-6-19(7-5-18)25-10-12-27-13-11-25;22-13-19(26)16-14-23-20(24-15-16)12-21(6-1-7-21)17-2-4-18(5-3-17)25-8-10-27-11-9-25/h4-7,15-16H,2-3,8-14H2,1H3;2-5,14-15H,1,6-13,22H2. The third-order valence-corrected chi connectivity index (χ3v) is 11.8. The highest BCUT2D eigenvalue weighted by atomic mass is 16.5. The zero-order valence-corrected chi connectivity index (χ0v) is 32.0. The Hall–Kier alpha value is -4.78. The predicted octanol–water partition coefficient (Wildman–Crippen LogP) is 5.27. The fourth-order valence-electron chi connectivity index (χ4n) is 8.12. The number of hydrogen-bond acceptors (Lipinski definition) is 12. The van der Waals surface area contributed by atoms with E-state index in [1.165, 1.54) is 35.3 Å². The number of esters is 1. The zero-order chi connectivity index (χ0) is 38.1. The number of morpholine rings is 2. The molecule has 2 aliphatic carbocycles. The van der Waals surface area contributed by atoms with Crippen LogP contribution in [0, 0.1) is 0 Å². The van der Waals surface area contributed by atoms with Crippen molar-refractivity contribution in [2.75, 3.05) is 75.6 Å². The number of carbonyl (C=O) groups excluding carboxylic acids is 2. The molecule has 290 valence electrons. The molecule has 4 fully saturated rings. The topological polar surface area (TPSA) is 146 Å². The van der Waals surface area contributed by atoms with Crippen molar-refractivity contribution < 1.29 is 23.8 Å². The van der Waals surface area contributed by atoms with Crippen LogP contribution in [0.2, 0.25) is 0 Å². The summed E-state index contributed by atoms with van der Waals surface area (Å²) in [6, 6.07) is 18.0. The third kappa shape index (κ3) is 9.03. The molecule has 8 rings (SSSR count). The molecule has 12 nitrogen and oxygen atoms in total. The summed E-state index contributed by atoms with van der Waals surface area (Å²) in [5.41, 5.74) is 11.7. The van der Waals surface area contributed by atoms with Crippen molar-refractivity contribution in [1.82, 2.24) is 19.9 Å². The highest BCUT2D eigenvalue weighted by Crippen LogP contribution is 2.47. The first-order valence-electron chi connectivity index (χ1n) is 19.8. The van der Waals surface area contributed by atoms with E-state index in [2.05, 4.69) is 78.3 Å². The monoisotopic (exact) mass is 747 g/mol. The van der Waals surface area contributed by atoms with Crippen molar-refractivity contribution in [3.05, 3.63) is 107 Å². The van der Waals surface area contributed by atoms with E-state index >= 15 is 0 Å². The molecule has 2 aromatic heterocycles. The van der Waals surface area contributed by atoms with Gasteiger partial charge in [0.2, 0.25) is 0 Å². The van der Waals surface area contributed by atoms with E-state index in [4.69, 9.17) is 19.9 Å². The fourth-order valence-corrected chi connectivity index (χ4v) is 8.12. The molecule has 0 spiro atoms.